The largest absolute Gasteiger partial charge is 0.496 e. The van der Waals surface area contributed by atoms with Crippen molar-refractivity contribution in [1.82, 2.24) is 15.3 Å². The Hall–Kier alpha value is -2.53. The molecule has 2 aromatic heterocycles. The van der Waals surface area contributed by atoms with Gasteiger partial charge < -0.3 is 19.6 Å². The molecule has 1 saturated carbocycles. The molecule has 1 amide bonds. The van der Waals surface area contributed by atoms with Crippen LogP contribution in [0.2, 0.25) is 0 Å². The van der Waals surface area contributed by atoms with E-state index in [0.717, 1.165) is 15.5 Å². The van der Waals surface area contributed by atoms with Crippen LogP contribution in [0.15, 0.2) is 47.5 Å². The number of nitrogens with zero attached hydrogens (tertiary/aromatic N) is 2. The lowest BCUT2D eigenvalue weighted by Crippen LogP contribution is -2.40. The van der Waals surface area contributed by atoms with Crippen molar-refractivity contribution in [1.29, 1.82) is 0 Å². The van der Waals surface area contributed by atoms with Gasteiger partial charge in [-0.1, -0.05) is 0 Å². The first-order valence-corrected chi connectivity index (χ1v) is 10.4. The number of benzene rings is 1. The fourth-order valence-electron chi connectivity index (χ4n) is 3.42. The summed E-state index contributed by atoms with van der Waals surface area (Å²) in [4.78, 5) is 20.8. The van der Waals surface area contributed by atoms with Crippen LogP contribution >= 0.6 is 22.6 Å². The van der Waals surface area contributed by atoms with Crippen LogP contribution in [0.3, 0.4) is 0 Å². The molecule has 7 nitrogen and oxygen atoms in total. The van der Waals surface area contributed by atoms with Crippen LogP contribution in [0.1, 0.15) is 28.9 Å². The Morgan fingerprint density at radius 3 is 2.90 bits per heavy atom. The number of carbonyl (C=O) groups excluding carboxylic acids is 1. The van der Waals surface area contributed by atoms with Gasteiger partial charge in [0.15, 0.2) is 17.8 Å². The Bertz CT molecular complexity index is 1090. The van der Waals surface area contributed by atoms with E-state index in [2.05, 4.69) is 37.9 Å². The second-order valence-electron chi connectivity index (χ2n) is 7.22. The van der Waals surface area contributed by atoms with E-state index in [-0.39, 0.29) is 5.69 Å². The number of aliphatic hydroxyl groups excluding tert-OH is 1. The third kappa shape index (κ3) is 4.17. The second kappa shape index (κ2) is 8.31. The van der Waals surface area contributed by atoms with Gasteiger partial charge in [-0.25, -0.2) is 9.37 Å². The van der Waals surface area contributed by atoms with E-state index in [1.165, 1.54) is 12.5 Å². The van der Waals surface area contributed by atoms with E-state index < -0.39 is 23.4 Å². The van der Waals surface area contributed by atoms with Gasteiger partial charge in [-0.2, -0.15) is 0 Å². The van der Waals surface area contributed by atoms with Crippen molar-refractivity contribution in [2.75, 3.05) is 7.11 Å². The van der Waals surface area contributed by atoms with E-state index in [9.17, 15) is 14.3 Å². The number of carbonyl (C=O) groups is 1. The summed E-state index contributed by atoms with van der Waals surface area (Å²) in [6.45, 7) is 0. The molecule has 0 saturated heterocycles. The molecule has 2 heterocycles. The summed E-state index contributed by atoms with van der Waals surface area (Å²) in [5.41, 5.74) is 0.770. The minimum atomic E-state index is -0.770. The summed E-state index contributed by atoms with van der Waals surface area (Å²) in [5.74, 6) is 0.214. The molecule has 0 bridgehead atoms. The first-order valence-electron chi connectivity index (χ1n) is 9.29. The van der Waals surface area contributed by atoms with Crippen LogP contribution in [0.5, 0.6) is 5.75 Å². The van der Waals surface area contributed by atoms with Gasteiger partial charge in [0.2, 0.25) is 0 Å². The monoisotopic (exact) mass is 523 g/mol. The molecule has 9 heteroatoms. The number of aromatic nitrogens is 2. The molecule has 30 heavy (non-hydrogen) atoms. The molecule has 1 unspecified atom stereocenters. The Morgan fingerprint density at radius 2 is 2.23 bits per heavy atom. The third-order valence-electron chi connectivity index (χ3n) is 5.22. The zero-order valence-electron chi connectivity index (χ0n) is 16.1. The molecule has 4 rings (SSSR count). The topological polar surface area (TPSA) is 97.5 Å². The maximum absolute atomic E-state index is 13.3. The fourth-order valence-corrected chi connectivity index (χ4v) is 4.15. The number of pyridine rings is 1. The Morgan fingerprint density at radius 1 is 1.43 bits per heavy atom. The van der Waals surface area contributed by atoms with Crippen LogP contribution in [-0.4, -0.2) is 39.7 Å². The zero-order chi connectivity index (χ0) is 21.3. The Balaban J connectivity index is 1.50. The highest BCUT2D eigenvalue weighted by molar-refractivity contribution is 14.1. The molecule has 1 fully saturated rings. The van der Waals surface area contributed by atoms with Crippen molar-refractivity contribution in [3.8, 4) is 17.1 Å². The minimum Gasteiger partial charge on any atom is -0.496 e. The highest BCUT2D eigenvalue weighted by atomic mass is 127. The highest BCUT2D eigenvalue weighted by Gasteiger charge is 2.54. The van der Waals surface area contributed by atoms with Gasteiger partial charge in [-0.05, 0) is 65.3 Å². The van der Waals surface area contributed by atoms with E-state index in [4.69, 9.17) is 9.15 Å². The van der Waals surface area contributed by atoms with Crippen molar-refractivity contribution in [2.24, 2.45) is 0 Å². The molecule has 1 aliphatic carbocycles. The van der Waals surface area contributed by atoms with Crippen molar-refractivity contribution >= 4 is 28.5 Å². The van der Waals surface area contributed by atoms with Crippen molar-refractivity contribution < 1.29 is 23.4 Å². The van der Waals surface area contributed by atoms with Crippen LogP contribution in [0.4, 0.5) is 4.39 Å². The number of oxazole rings is 1. The maximum Gasteiger partial charge on any atom is 0.274 e. The van der Waals surface area contributed by atoms with Gasteiger partial charge in [-0.15, -0.1) is 0 Å². The second-order valence-corrected chi connectivity index (χ2v) is 8.38. The number of hydrogen-bond acceptors (Lipinski definition) is 6. The number of hydrogen-bond donors (Lipinski definition) is 2. The van der Waals surface area contributed by atoms with Gasteiger partial charge >= 0.3 is 0 Å². The Kier molecular flexibility index (Phi) is 5.74. The molecule has 1 aromatic carbocycles. The molecule has 0 spiro atoms. The third-order valence-corrected chi connectivity index (χ3v) is 6.06. The molecule has 2 N–H and O–H groups in total. The average Bonchev–Trinajstić information content (AvgIpc) is 3.13. The number of amides is 1. The summed E-state index contributed by atoms with van der Waals surface area (Å²) in [7, 11) is 1.59. The number of ether oxygens (including phenoxy) is 1. The quantitative estimate of drug-likeness (QED) is 0.462. The van der Waals surface area contributed by atoms with Gasteiger partial charge in [0.25, 0.3) is 5.91 Å². The van der Waals surface area contributed by atoms with Crippen molar-refractivity contribution in [2.45, 2.75) is 30.9 Å². The normalized spacial score (nSPS) is 20.1. The minimum absolute atomic E-state index is 0.141. The lowest BCUT2D eigenvalue weighted by molar-refractivity contribution is 0.0905. The van der Waals surface area contributed by atoms with E-state index in [1.807, 2.05) is 6.07 Å². The van der Waals surface area contributed by atoms with Gasteiger partial charge in [-0.3, -0.25) is 9.78 Å². The molecule has 1 aliphatic rings. The van der Waals surface area contributed by atoms with Crippen LogP contribution in [-0.2, 0) is 6.42 Å². The van der Waals surface area contributed by atoms with Crippen LogP contribution < -0.4 is 10.1 Å². The summed E-state index contributed by atoms with van der Waals surface area (Å²) < 4.78 is 25.0. The lowest BCUT2D eigenvalue weighted by Gasteiger charge is -2.18. The molecule has 0 radical (unpaired) electrons. The zero-order valence-corrected chi connectivity index (χ0v) is 18.2. The van der Waals surface area contributed by atoms with Crippen molar-refractivity contribution in [3.63, 3.8) is 0 Å². The standard InChI is InChI=1S/C21H19FIN3O4/c1-29-16-3-2-13(7-15(16)23)19-18(25-11-30-19)20(28)26-21(8-17(21)27)5-4-12-6-14(22)10-24-9-12/h2-3,6-7,9-11,17,27H,4-5,8H2,1H3,(H,26,28)/t17-,21?/m1/s1. The predicted octanol–water partition coefficient (Wildman–Crippen LogP) is 3.35. The Labute approximate surface area is 185 Å². The molecule has 3 aromatic rings. The number of rotatable bonds is 7. The van der Waals surface area contributed by atoms with E-state index >= 15 is 0 Å². The molecular weight excluding hydrogens is 504 g/mol. The summed E-state index contributed by atoms with van der Waals surface area (Å²) >= 11 is 2.14. The number of methoxy groups -OCH3 is 1. The first-order chi connectivity index (χ1) is 14.4. The SMILES string of the molecule is COc1ccc(-c2ocnc2C(=O)NC2(CCc3cncc(F)c3)C[C@H]2O)cc1I. The average molecular weight is 523 g/mol. The highest BCUT2D eigenvalue weighted by Crippen LogP contribution is 2.41. The first kappa shape index (κ1) is 20.7. The van der Waals surface area contributed by atoms with E-state index in [1.54, 1.807) is 25.4 Å². The molecule has 2 atom stereocenters. The summed E-state index contributed by atoms with van der Waals surface area (Å²) in [6.07, 6.45) is 4.63. The molecule has 0 aliphatic heterocycles. The number of halogens is 2. The van der Waals surface area contributed by atoms with Gasteiger partial charge in [0.1, 0.15) is 11.6 Å². The summed E-state index contributed by atoms with van der Waals surface area (Å²) in [6, 6.07) is 6.82. The van der Waals surface area contributed by atoms with Gasteiger partial charge in [0.05, 0.1) is 28.5 Å². The summed E-state index contributed by atoms with van der Waals surface area (Å²) in [5, 5.41) is 13.1. The van der Waals surface area contributed by atoms with Gasteiger partial charge in [0, 0.05) is 18.2 Å². The lowest BCUT2D eigenvalue weighted by atomic mass is 10.0. The van der Waals surface area contributed by atoms with Crippen molar-refractivity contribution in [3.05, 3.63) is 63.7 Å². The smallest absolute Gasteiger partial charge is 0.274 e. The predicted molar refractivity (Wildman–Crippen MR) is 115 cm³/mol. The number of aryl methyl sites for hydroxylation is 1. The molecule has 156 valence electrons. The molecular formula is C21H19FIN3O4. The van der Waals surface area contributed by atoms with Crippen LogP contribution in [0, 0.1) is 9.39 Å². The maximum atomic E-state index is 13.3. The fraction of sp³-hybridized carbons (Fsp3) is 0.286. The number of nitrogens with one attached hydrogen (secondary N) is 1. The van der Waals surface area contributed by atoms with Crippen LogP contribution in [0.25, 0.3) is 11.3 Å². The van der Waals surface area contributed by atoms with E-state index in [0.29, 0.717) is 36.1 Å². The number of aliphatic hydroxyl groups is 1.